The van der Waals surface area contributed by atoms with Gasteiger partial charge in [-0.05, 0) is 40.7 Å². The van der Waals surface area contributed by atoms with Gasteiger partial charge in [0.15, 0.2) is 0 Å². The molecule has 0 saturated heterocycles. The summed E-state index contributed by atoms with van der Waals surface area (Å²) in [5.41, 5.74) is -0.590. The Morgan fingerprint density at radius 3 is 2.67 bits per heavy atom. The lowest BCUT2D eigenvalue weighted by Gasteiger charge is -2.28. The lowest BCUT2D eigenvalue weighted by molar-refractivity contribution is -0.142. The predicted octanol–water partition coefficient (Wildman–Crippen LogP) is 2.97. The standard InChI is InChI=1S/C12H16BrNO3S/c1-4-12(2,7-9(15)17-3)14-11(16)10-8(13)5-6-18-10/h5-6H,4,7H2,1-3H3,(H,14,16)/t12-/m1/s1. The second kappa shape index (κ2) is 6.33. The number of ether oxygens (including phenoxy) is 1. The van der Waals surface area contributed by atoms with E-state index in [1.165, 1.54) is 18.4 Å². The average molecular weight is 334 g/mol. The normalized spacial score (nSPS) is 13.8. The largest absolute Gasteiger partial charge is 0.469 e. The van der Waals surface area contributed by atoms with E-state index in [1.54, 1.807) is 0 Å². The molecule has 0 aromatic carbocycles. The Balaban J connectivity index is 2.77. The van der Waals surface area contributed by atoms with Crippen LogP contribution >= 0.6 is 27.3 Å². The molecule has 1 N–H and O–H groups in total. The minimum absolute atomic E-state index is 0.161. The zero-order valence-corrected chi connectivity index (χ0v) is 13.0. The van der Waals surface area contributed by atoms with Crippen LogP contribution in [0.1, 0.15) is 36.4 Å². The maximum absolute atomic E-state index is 12.1. The summed E-state index contributed by atoms with van der Waals surface area (Å²) in [6.07, 6.45) is 0.811. The molecule has 0 saturated carbocycles. The van der Waals surface area contributed by atoms with Crippen molar-refractivity contribution in [1.82, 2.24) is 5.32 Å². The first-order valence-electron chi connectivity index (χ1n) is 5.54. The first kappa shape index (κ1) is 15.2. The molecular formula is C12H16BrNO3S. The van der Waals surface area contributed by atoms with Gasteiger partial charge in [0.25, 0.3) is 5.91 Å². The van der Waals surface area contributed by atoms with Crippen molar-refractivity contribution in [1.29, 1.82) is 0 Å². The van der Waals surface area contributed by atoms with E-state index in [0.29, 0.717) is 11.3 Å². The molecule has 0 aliphatic heterocycles. The Morgan fingerprint density at radius 1 is 1.56 bits per heavy atom. The van der Waals surface area contributed by atoms with E-state index < -0.39 is 5.54 Å². The van der Waals surface area contributed by atoms with Crippen LogP contribution in [0.15, 0.2) is 15.9 Å². The summed E-state index contributed by atoms with van der Waals surface area (Å²) in [7, 11) is 1.34. The van der Waals surface area contributed by atoms with E-state index in [1.807, 2.05) is 25.3 Å². The van der Waals surface area contributed by atoms with Crippen LogP contribution in [-0.4, -0.2) is 24.5 Å². The zero-order chi connectivity index (χ0) is 13.8. The molecule has 6 heteroatoms. The van der Waals surface area contributed by atoms with E-state index in [4.69, 9.17) is 0 Å². The number of rotatable bonds is 5. The van der Waals surface area contributed by atoms with Crippen LogP contribution in [0.25, 0.3) is 0 Å². The molecule has 1 rings (SSSR count). The van der Waals surface area contributed by atoms with E-state index in [-0.39, 0.29) is 18.3 Å². The maximum Gasteiger partial charge on any atom is 0.307 e. The van der Waals surface area contributed by atoms with Crippen molar-refractivity contribution in [3.05, 3.63) is 20.8 Å². The van der Waals surface area contributed by atoms with Gasteiger partial charge < -0.3 is 10.1 Å². The summed E-state index contributed by atoms with van der Waals surface area (Å²) >= 11 is 4.68. The smallest absolute Gasteiger partial charge is 0.307 e. The number of thiophene rings is 1. The molecule has 0 aliphatic rings. The molecule has 4 nitrogen and oxygen atoms in total. The molecule has 1 amide bonds. The van der Waals surface area contributed by atoms with Gasteiger partial charge in [-0.25, -0.2) is 0 Å². The minimum atomic E-state index is -0.590. The summed E-state index contributed by atoms with van der Waals surface area (Å²) < 4.78 is 5.41. The van der Waals surface area contributed by atoms with Crippen molar-refractivity contribution in [3.63, 3.8) is 0 Å². The zero-order valence-electron chi connectivity index (χ0n) is 10.6. The molecule has 18 heavy (non-hydrogen) atoms. The lowest BCUT2D eigenvalue weighted by atomic mass is 9.94. The van der Waals surface area contributed by atoms with E-state index in [9.17, 15) is 9.59 Å². The number of carbonyl (C=O) groups excluding carboxylic acids is 2. The Hall–Kier alpha value is -0.880. The number of nitrogens with one attached hydrogen (secondary N) is 1. The van der Waals surface area contributed by atoms with Gasteiger partial charge >= 0.3 is 5.97 Å². The highest BCUT2D eigenvalue weighted by molar-refractivity contribution is 9.10. The van der Waals surface area contributed by atoms with Crippen molar-refractivity contribution >= 4 is 39.1 Å². The Bertz CT molecular complexity index is 446. The van der Waals surface area contributed by atoms with Gasteiger partial charge in [-0.3, -0.25) is 9.59 Å². The number of halogens is 1. The van der Waals surface area contributed by atoms with Crippen molar-refractivity contribution in [2.24, 2.45) is 0 Å². The fourth-order valence-electron chi connectivity index (χ4n) is 1.43. The molecule has 1 atom stereocenters. The number of esters is 1. The van der Waals surface area contributed by atoms with Crippen molar-refractivity contribution in [3.8, 4) is 0 Å². The highest BCUT2D eigenvalue weighted by Crippen LogP contribution is 2.24. The first-order chi connectivity index (χ1) is 8.41. The first-order valence-corrected chi connectivity index (χ1v) is 7.21. The monoisotopic (exact) mass is 333 g/mol. The minimum Gasteiger partial charge on any atom is -0.469 e. The molecule has 0 spiro atoms. The molecule has 1 aromatic heterocycles. The van der Waals surface area contributed by atoms with Crippen LogP contribution in [0.5, 0.6) is 0 Å². The summed E-state index contributed by atoms with van der Waals surface area (Å²) in [6, 6.07) is 1.82. The lowest BCUT2D eigenvalue weighted by Crippen LogP contribution is -2.47. The van der Waals surface area contributed by atoms with Crippen LogP contribution in [0.2, 0.25) is 0 Å². The molecule has 0 aliphatic carbocycles. The Labute approximate surface area is 119 Å². The van der Waals surface area contributed by atoms with Crippen LogP contribution in [0.3, 0.4) is 0 Å². The summed E-state index contributed by atoms with van der Waals surface area (Å²) in [5, 5.41) is 4.73. The van der Waals surface area contributed by atoms with Gasteiger partial charge in [0.1, 0.15) is 4.88 Å². The Kier molecular flexibility index (Phi) is 5.34. The Morgan fingerprint density at radius 2 is 2.22 bits per heavy atom. The molecule has 0 fully saturated rings. The van der Waals surface area contributed by atoms with Crippen LogP contribution < -0.4 is 5.32 Å². The molecule has 1 aromatic rings. The van der Waals surface area contributed by atoms with Gasteiger partial charge in [-0.15, -0.1) is 11.3 Å². The van der Waals surface area contributed by atoms with Gasteiger partial charge in [-0.1, -0.05) is 6.92 Å². The van der Waals surface area contributed by atoms with Crippen molar-refractivity contribution in [2.75, 3.05) is 7.11 Å². The van der Waals surface area contributed by atoms with Crippen LogP contribution in [0.4, 0.5) is 0 Å². The average Bonchev–Trinajstić information content (AvgIpc) is 2.75. The number of amides is 1. The molecule has 0 radical (unpaired) electrons. The number of methoxy groups -OCH3 is 1. The quantitative estimate of drug-likeness (QED) is 0.843. The van der Waals surface area contributed by atoms with Crippen LogP contribution in [0, 0.1) is 0 Å². The summed E-state index contributed by atoms with van der Waals surface area (Å²) in [5.74, 6) is -0.505. The van der Waals surface area contributed by atoms with Gasteiger partial charge in [0.05, 0.1) is 13.5 Å². The van der Waals surface area contributed by atoms with Crippen LogP contribution in [-0.2, 0) is 9.53 Å². The topological polar surface area (TPSA) is 55.4 Å². The molecule has 0 unspecified atom stereocenters. The highest BCUT2D eigenvalue weighted by atomic mass is 79.9. The number of carbonyl (C=O) groups is 2. The third-order valence-electron chi connectivity index (χ3n) is 2.78. The third kappa shape index (κ3) is 3.81. The van der Waals surface area contributed by atoms with Crippen molar-refractivity contribution in [2.45, 2.75) is 32.2 Å². The molecule has 0 bridgehead atoms. The number of hydrogen-bond donors (Lipinski definition) is 1. The second-order valence-corrected chi connectivity index (χ2v) is 5.99. The molecular weight excluding hydrogens is 318 g/mol. The van der Waals surface area contributed by atoms with Crippen molar-refractivity contribution < 1.29 is 14.3 Å². The van der Waals surface area contributed by atoms with Gasteiger partial charge in [0, 0.05) is 10.0 Å². The SMILES string of the molecule is CC[C@](C)(CC(=O)OC)NC(=O)c1sccc1Br. The molecule has 1 heterocycles. The fourth-order valence-corrected chi connectivity index (χ4v) is 2.88. The van der Waals surface area contributed by atoms with E-state index in [2.05, 4.69) is 26.0 Å². The van der Waals surface area contributed by atoms with Gasteiger partial charge in [0.2, 0.25) is 0 Å². The number of hydrogen-bond acceptors (Lipinski definition) is 4. The predicted molar refractivity (Wildman–Crippen MR) is 74.8 cm³/mol. The maximum atomic E-state index is 12.1. The molecule has 100 valence electrons. The van der Waals surface area contributed by atoms with Gasteiger partial charge in [-0.2, -0.15) is 0 Å². The second-order valence-electron chi connectivity index (χ2n) is 4.22. The third-order valence-corrected chi connectivity index (χ3v) is 4.62. The summed E-state index contributed by atoms with van der Waals surface area (Å²) in [4.78, 5) is 24.0. The van der Waals surface area contributed by atoms with E-state index in [0.717, 1.165) is 4.47 Å². The fraction of sp³-hybridized carbons (Fsp3) is 0.500. The van der Waals surface area contributed by atoms with E-state index >= 15 is 0 Å². The summed E-state index contributed by atoms with van der Waals surface area (Å²) in [6.45, 7) is 3.76. The highest BCUT2D eigenvalue weighted by Gasteiger charge is 2.29.